The van der Waals surface area contributed by atoms with Gasteiger partial charge in [-0.25, -0.2) is 4.98 Å². The van der Waals surface area contributed by atoms with Crippen LogP contribution in [0.4, 0.5) is 5.82 Å². The van der Waals surface area contributed by atoms with Gasteiger partial charge in [0.2, 0.25) is 0 Å². The van der Waals surface area contributed by atoms with Gasteiger partial charge in [-0.2, -0.15) is 0 Å². The van der Waals surface area contributed by atoms with Crippen molar-refractivity contribution >= 4 is 28.6 Å². The van der Waals surface area contributed by atoms with Crippen LogP contribution in [0.5, 0.6) is 0 Å². The highest BCUT2D eigenvalue weighted by atomic mass is 16.3. The zero-order valence-corrected chi connectivity index (χ0v) is 25.6. The Hall–Kier alpha value is -4.17. The number of carbonyl (C=O) groups is 2. The van der Waals surface area contributed by atoms with Crippen LogP contribution < -0.4 is 15.5 Å². The number of pyridine rings is 1. The molecule has 3 saturated heterocycles. The lowest BCUT2D eigenvalue weighted by atomic mass is 9.89. The molecule has 3 fully saturated rings. The Labute approximate surface area is 258 Å². The number of aryl methyl sites for hydroxylation is 1. The molecular weight excluding hydrogens is 550 g/mol. The average molecular weight is 592 g/mol. The molecule has 228 valence electrons. The van der Waals surface area contributed by atoms with Crippen molar-refractivity contribution in [1.82, 2.24) is 20.5 Å². The summed E-state index contributed by atoms with van der Waals surface area (Å²) < 4.78 is 5.60. The van der Waals surface area contributed by atoms with Gasteiger partial charge in [-0.3, -0.25) is 9.59 Å². The van der Waals surface area contributed by atoms with E-state index in [1.54, 1.807) is 12.5 Å². The van der Waals surface area contributed by atoms with Crippen LogP contribution in [0.3, 0.4) is 0 Å². The van der Waals surface area contributed by atoms with Crippen LogP contribution in [-0.4, -0.2) is 60.0 Å². The standard InChI is InChI=1S/C36H41N5O3/c1-23-32(11-7-27-15-18-44-34(23)27)36(43)39-29-19-30-9-10-31(20-29)41(30)33-12-8-28(22-37-33)35(42)38-21-24-3-5-25(6-4-24)26-13-16-40(2)17-14-26/h3-8,11-12,15,18,22,26,29-31H,9-10,13-14,16-17,19-21H2,1-2H3,(H,38,42)(H,39,43)/t29-,30+,31-. The van der Waals surface area contributed by atoms with E-state index in [4.69, 9.17) is 9.40 Å². The second kappa shape index (κ2) is 12.1. The molecule has 2 aromatic heterocycles. The average Bonchev–Trinajstić information content (AvgIpc) is 3.63. The van der Waals surface area contributed by atoms with Crippen molar-refractivity contribution < 1.29 is 14.0 Å². The number of likely N-dealkylation sites (tertiary alicyclic amines) is 1. The molecule has 0 aliphatic carbocycles. The molecule has 5 heterocycles. The third-order valence-corrected chi connectivity index (χ3v) is 10.1. The molecule has 0 spiro atoms. The normalized spacial score (nSPS) is 22.3. The molecule has 2 N–H and O–H groups in total. The number of fused-ring (bicyclic) bond motifs is 3. The van der Waals surface area contributed by atoms with E-state index < -0.39 is 0 Å². The third kappa shape index (κ3) is 5.71. The van der Waals surface area contributed by atoms with Gasteiger partial charge in [0.25, 0.3) is 11.8 Å². The molecule has 3 atom stereocenters. The summed E-state index contributed by atoms with van der Waals surface area (Å²) in [5.74, 6) is 1.38. The molecule has 2 bridgehead atoms. The number of benzene rings is 2. The first-order valence-corrected chi connectivity index (χ1v) is 16.0. The molecule has 0 unspecified atom stereocenters. The second-order valence-electron chi connectivity index (χ2n) is 12.9. The largest absolute Gasteiger partial charge is 0.464 e. The SMILES string of the molecule is Cc1c(C(=O)N[C@H]2C[C@H]3CC[C@@H](C2)N3c2ccc(C(=O)NCc3ccc(C4CCN(C)CC4)cc3)cn2)ccc2ccoc12. The van der Waals surface area contributed by atoms with Gasteiger partial charge >= 0.3 is 0 Å². The molecule has 8 heteroatoms. The quantitative estimate of drug-likeness (QED) is 0.282. The van der Waals surface area contributed by atoms with Gasteiger partial charge in [0, 0.05) is 47.4 Å². The fraction of sp³-hybridized carbons (Fsp3) is 0.417. The lowest BCUT2D eigenvalue weighted by Crippen LogP contribution is -2.50. The molecule has 2 amide bonds. The topological polar surface area (TPSA) is 90.7 Å². The smallest absolute Gasteiger partial charge is 0.253 e. The Bertz CT molecular complexity index is 1620. The van der Waals surface area contributed by atoms with Gasteiger partial charge in [-0.15, -0.1) is 0 Å². The van der Waals surface area contributed by atoms with E-state index in [-0.39, 0.29) is 17.9 Å². The number of hydrogen-bond donors (Lipinski definition) is 2. The minimum atomic E-state index is -0.115. The second-order valence-corrected chi connectivity index (χ2v) is 12.9. The van der Waals surface area contributed by atoms with Gasteiger partial charge in [0.05, 0.1) is 11.8 Å². The number of piperidine rings is 2. The van der Waals surface area contributed by atoms with Crippen LogP contribution in [0.15, 0.2) is 71.5 Å². The first-order chi connectivity index (χ1) is 21.4. The van der Waals surface area contributed by atoms with E-state index in [0.717, 1.165) is 66.7 Å². The van der Waals surface area contributed by atoms with Crippen LogP contribution in [0, 0.1) is 6.92 Å². The van der Waals surface area contributed by atoms with Gasteiger partial charge in [0.1, 0.15) is 11.4 Å². The maximum atomic E-state index is 13.2. The van der Waals surface area contributed by atoms with Crippen molar-refractivity contribution in [1.29, 1.82) is 0 Å². The molecule has 44 heavy (non-hydrogen) atoms. The Balaban J connectivity index is 0.928. The summed E-state index contributed by atoms with van der Waals surface area (Å²) in [6.07, 6.45) is 9.68. The molecular formula is C36H41N5O3. The summed E-state index contributed by atoms with van der Waals surface area (Å²) in [6.45, 7) is 4.73. The number of aromatic nitrogens is 1. The van der Waals surface area contributed by atoms with Gasteiger partial charge in [-0.1, -0.05) is 30.3 Å². The van der Waals surface area contributed by atoms with E-state index in [9.17, 15) is 9.59 Å². The van der Waals surface area contributed by atoms with Crippen LogP contribution in [-0.2, 0) is 6.54 Å². The van der Waals surface area contributed by atoms with Crippen molar-refractivity contribution in [2.75, 3.05) is 25.0 Å². The fourth-order valence-electron chi connectivity index (χ4n) is 7.56. The molecule has 8 nitrogen and oxygen atoms in total. The maximum Gasteiger partial charge on any atom is 0.253 e. The maximum absolute atomic E-state index is 13.2. The van der Waals surface area contributed by atoms with Crippen molar-refractivity contribution in [3.05, 3.63) is 94.9 Å². The van der Waals surface area contributed by atoms with Crippen LogP contribution >= 0.6 is 0 Å². The van der Waals surface area contributed by atoms with E-state index in [0.29, 0.717) is 35.7 Å². The Morgan fingerprint density at radius 3 is 2.36 bits per heavy atom. The van der Waals surface area contributed by atoms with Crippen molar-refractivity contribution in [3.63, 3.8) is 0 Å². The molecule has 7 rings (SSSR count). The number of carbonyl (C=O) groups excluding carboxylic acids is 2. The monoisotopic (exact) mass is 591 g/mol. The van der Waals surface area contributed by atoms with Crippen LogP contribution in [0.1, 0.15) is 81.8 Å². The number of nitrogens with zero attached hydrogens (tertiary/aromatic N) is 3. The summed E-state index contributed by atoms with van der Waals surface area (Å²) in [7, 11) is 2.19. The fourth-order valence-corrected chi connectivity index (χ4v) is 7.56. The summed E-state index contributed by atoms with van der Waals surface area (Å²) in [4.78, 5) is 35.6. The van der Waals surface area contributed by atoms with Gasteiger partial charge in [-0.05, 0) is 107 Å². The summed E-state index contributed by atoms with van der Waals surface area (Å²) in [5, 5.41) is 7.36. The van der Waals surface area contributed by atoms with E-state index in [1.165, 1.54) is 18.4 Å². The molecule has 0 saturated carbocycles. The highest BCUT2D eigenvalue weighted by molar-refractivity contribution is 6.00. The summed E-state index contributed by atoms with van der Waals surface area (Å²) in [5.41, 5.74) is 5.38. The highest BCUT2D eigenvalue weighted by Gasteiger charge is 2.42. The van der Waals surface area contributed by atoms with E-state index in [2.05, 4.69) is 51.7 Å². The zero-order valence-electron chi connectivity index (χ0n) is 25.6. The highest BCUT2D eigenvalue weighted by Crippen LogP contribution is 2.39. The summed E-state index contributed by atoms with van der Waals surface area (Å²) >= 11 is 0. The predicted molar refractivity (Wildman–Crippen MR) is 172 cm³/mol. The minimum Gasteiger partial charge on any atom is -0.464 e. The number of anilines is 1. The van der Waals surface area contributed by atoms with Gasteiger partial charge in [0.15, 0.2) is 0 Å². The van der Waals surface area contributed by atoms with Crippen LogP contribution in [0.25, 0.3) is 11.0 Å². The van der Waals surface area contributed by atoms with Crippen LogP contribution in [0.2, 0.25) is 0 Å². The Kier molecular flexibility index (Phi) is 7.85. The lowest BCUT2D eigenvalue weighted by Gasteiger charge is -2.40. The van der Waals surface area contributed by atoms with E-state index >= 15 is 0 Å². The Morgan fingerprint density at radius 1 is 0.909 bits per heavy atom. The minimum absolute atomic E-state index is 0.0414. The molecule has 3 aliphatic heterocycles. The first kappa shape index (κ1) is 28.6. The summed E-state index contributed by atoms with van der Waals surface area (Å²) in [6, 6.07) is 19.1. The number of rotatable bonds is 7. The first-order valence-electron chi connectivity index (χ1n) is 16.0. The van der Waals surface area contributed by atoms with Crippen molar-refractivity contribution in [2.24, 2.45) is 0 Å². The van der Waals surface area contributed by atoms with Crippen molar-refractivity contribution in [2.45, 2.75) is 76.0 Å². The number of amides is 2. The van der Waals surface area contributed by atoms with Gasteiger partial charge < -0.3 is 24.9 Å². The molecule has 0 radical (unpaired) electrons. The Morgan fingerprint density at radius 2 is 1.66 bits per heavy atom. The number of furan rings is 1. The predicted octanol–water partition coefficient (Wildman–Crippen LogP) is 5.81. The zero-order chi connectivity index (χ0) is 30.2. The molecule has 4 aromatic rings. The molecule has 3 aliphatic rings. The van der Waals surface area contributed by atoms with E-state index in [1.807, 2.05) is 37.3 Å². The van der Waals surface area contributed by atoms with Crippen molar-refractivity contribution in [3.8, 4) is 0 Å². The molecule has 2 aromatic carbocycles. The number of hydrogen-bond acceptors (Lipinski definition) is 6. The number of nitrogens with one attached hydrogen (secondary N) is 2. The third-order valence-electron chi connectivity index (χ3n) is 10.1. The lowest BCUT2D eigenvalue weighted by molar-refractivity contribution is 0.0924.